The van der Waals surface area contributed by atoms with Gasteiger partial charge in [0.1, 0.15) is 0 Å². The van der Waals surface area contributed by atoms with Crippen molar-refractivity contribution in [2.75, 3.05) is 0 Å². The molecule has 19 heavy (non-hydrogen) atoms. The molecule has 0 bridgehead atoms. The lowest BCUT2D eigenvalue weighted by Gasteiger charge is -2.18. The highest BCUT2D eigenvalue weighted by Gasteiger charge is 2.29. The van der Waals surface area contributed by atoms with Crippen molar-refractivity contribution in [1.29, 1.82) is 0 Å². The lowest BCUT2D eigenvalue weighted by Crippen LogP contribution is -2.21. The Morgan fingerprint density at radius 3 is 1.95 bits per heavy atom. The molecular weight excluding hydrogens is 255 g/mol. The number of carbonyl (C=O) groups is 1. The molecule has 1 atom stereocenters. The van der Waals surface area contributed by atoms with Crippen LogP contribution in [0.4, 0.5) is 0 Å². The summed E-state index contributed by atoms with van der Waals surface area (Å²) in [5, 5.41) is 1.28. The van der Waals surface area contributed by atoms with Crippen LogP contribution in [0.5, 0.6) is 0 Å². The van der Waals surface area contributed by atoms with Gasteiger partial charge in [-0.3, -0.25) is 4.79 Å². The predicted octanol–water partition coefficient (Wildman–Crippen LogP) is 3.12. The normalized spacial score (nSPS) is 13.8. The van der Waals surface area contributed by atoms with Crippen molar-refractivity contribution in [3.63, 3.8) is 0 Å². The fraction of sp³-hybridized carbons (Fsp3) is 0.188. The summed E-state index contributed by atoms with van der Waals surface area (Å²) in [7, 11) is -3.18. The first kappa shape index (κ1) is 13.8. The molecule has 0 heterocycles. The van der Waals surface area contributed by atoms with Crippen LogP contribution < -0.4 is 10.6 Å². The molecular formula is C16H17O2P. The van der Waals surface area contributed by atoms with E-state index in [4.69, 9.17) is 0 Å². The molecule has 0 aliphatic rings. The maximum atomic E-state index is 13.2. The van der Waals surface area contributed by atoms with Crippen molar-refractivity contribution >= 4 is 23.8 Å². The quantitative estimate of drug-likeness (QED) is 0.635. The van der Waals surface area contributed by atoms with E-state index in [-0.39, 0.29) is 0 Å². The van der Waals surface area contributed by atoms with Crippen molar-refractivity contribution in [2.24, 2.45) is 0 Å². The Bertz CT molecular complexity index is 637. The Kier molecular flexibility index (Phi) is 3.73. The van der Waals surface area contributed by atoms with Gasteiger partial charge >= 0.3 is 0 Å². The highest BCUT2D eigenvalue weighted by atomic mass is 31.2. The van der Waals surface area contributed by atoms with E-state index < -0.39 is 7.14 Å². The van der Waals surface area contributed by atoms with Crippen molar-refractivity contribution in [3.05, 3.63) is 59.2 Å². The molecule has 2 aromatic rings. The Labute approximate surface area is 113 Å². The van der Waals surface area contributed by atoms with Gasteiger partial charge in [-0.1, -0.05) is 48.0 Å². The summed E-state index contributed by atoms with van der Waals surface area (Å²) in [5.74, 6) is 0. The van der Waals surface area contributed by atoms with Crippen LogP contribution in [0, 0.1) is 20.8 Å². The topological polar surface area (TPSA) is 34.1 Å². The second-order valence-electron chi connectivity index (χ2n) is 4.85. The van der Waals surface area contributed by atoms with Crippen LogP contribution in [0.25, 0.3) is 0 Å². The average Bonchev–Trinajstić information content (AvgIpc) is 2.38. The average molecular weight is 272 g/mol. The Morgan fingerprint density at radius 2 is 1.47 bits per heavy atom. The molecule has 2 nitrogen and oxygen atoms in total. The lowest BCUT2D eigenvalue weighted by molar-refractivity contribution is 0.557. The summed E-state index contributed by atoms with van der Waals surface area (Å²) in [4.78, 5) is 11.6. The maximum absolute atomic E-state index is 13.2. The van der Waals surface area contributed by atoms with Gasteiger partial charge in [0, 0.05) is 10.6 Å². The minimum absolute atomic E-state index is 0.597. The molecule has 0 aromatic heterocycles. The number of hydrogen-bond donors (Lipinski definition) is 0. The smallest absolute Gasteiger partial charge is 0.202 e. The first-order valence-electron chi connectivity index (χ1n) is 6.19. The minimum Gasteiger partial charge on any atom is -0.306 e. The highest BCUT2D eigenvalue weighted by molar-refractivity contribution is 7.91. The van der Waals surface area contributed by atoms with E-state index in [0.717, 1.165) is 16.7 Å². The van der Waals surface area contributed by atoms with Gasteiger partial charge in [-0.25, -0.2) is 0 Å². The van der Waals surface area contributed by atoms with Gasteiger partial charge in [-0.05, 0) is 31.9 Å². The molecule has 2 rings (SSSR count). The molecule has 0 saturated carbocycles. The summed E-state index contributed by atoms with van der Waals surface area (Å²) in [6.45, 7) is 5.82. The summed E-state index contributed by atoms with van der Waals surface area (Å²) in [6, 6.07) is 13.6. The third-order valence-corrected chi connectivity index (χ3v) is 5.99. The highest BCUT2D eigenvalue weighted by Crippen LogP contribution is 2.42. The zero-order valence-electron chi connectivity index (χ0n) is 11.4. The van der Waals surface area contributed by atoms with Gasteiger partial charge in [-0.2, -0.15) is 0 Å². The van der Waals surface area contributed by atoms with Gasteiger partial charge in [0.25, 0.3) is 0 Å². The molecule has 2 aromatic carbocycles. The van der Waals surface area contributed by atoms with Gasteiger partial charge < -0.3 is 4.57 Å². The third-order valence-electron chi connectivity index (χ3n) is 3.26. The molecule has 0 aliphatic carbocycles. The lowest BCUT2D eigenvalue weighted by atomic mass is 10.1. The second-order valence-corrected chi connectivity index (χ2v) is 7.34. The summed E-state index contributed by atoms with van der Waals surface area (Å²) >= 11 is 0. The first-order valence-corrected chi connectivity index (χ1v) is 7.97. The van der Waals surface area contributed by atoms with Crippen molar-refractivity contribution < 1.29 is 9.36 Å². The molecule has 98 valence electrons. The zero-order valence-corrected chi connectivity index (χ0v) is 12.3. The fourth-order valence-electron chi connectivity index (χ4n) is 2.59. The van der Waals surface area contributed by atoms with E-state index in [1.807, 2.05) is 51.1 Å². The largest absolute Gasteiger partial charge is 0.306 e. The van der Waals surface area contributed by atoms with Crippen LogP contribution in [-0.2, 0) is 9.36 Å². The molecule has 0 amide bonds. The SMILES string of the molecule is Cc1cc(C)c(P(=O)(C=O)c2ccccc2)c(C)c1. The molecule has 0 saturated heterocycles. The summed E-state index contributed by atoms with van der Waals surface area (Å²) in [5.41, 5.74) is 2.94. The zero-order chi connectivity index (χ0) is 14.0. The summed E-state index contributed by atoms with van der Waals surface area (Å²) < 4.78 is 13.2. The molecule has 0 aliphatic heterocycles. The molecule has 3 heteroatoms. The number of carbonyl (C=O) groups excluding carboxylic acids is 1. The Morgan fingerprint density at radius 1 is 0.947 bits per heavy atom. The van der Waals surface area contributed by atoms with Crippen LogP contribution in [0.15, 0.2) is 42.5 Å². The second kappa shape index (κ2) is 5.14. The van der Waals surface area contributed by atoms with E-state index in [0.29, 0.717) is 16.6 Å². The van der Waals surface area contributed by atoms with Crippen LogP contribution in [0.3, 0.4) is 0 Å². The van der Waals surface area contributed by atoms with Crippen LogP contribution in [0.2, 0.25) is 0 Å². The Balaban J connectivity index is 2.74. The number of hydrogen-bond acceptors (Lipinski definition) is 2. The number of rotatable bonds is 3. The number of aryl methyl sites for hydroxylation is 3. The van der Waals surface area contributed by atoms with Crippen LogP contribution in [0.1, 0.15) is 16.7 Å². The van der Waals surface area contributed by atoms with E-state index >= 15 is 0 Å². The summed E-state index contributed by atoms with van der Waals surface area (Å²) in [6.07, 6.45) is 0. The van der Waals surface area contributed by atoms with E-state index in [2.05, 4.69) is 0 Å². The van der Waals surface area contributed by atoms with Crippen LogP contribution >= 0.6 is 7.14 Å². The van der Waals surface area contributed by atoms with Crippen molar-refractivity contribution in [2.45, 2.75) is 20.8 Å². The van der Waals surface area contributed by atoms with E-state index in [1.54, 1.807) is 12.1 Å². The first-order chi connectivity index (χ1) is 8.99. The fourth-order valence-corrected chi connectivity index (χ4v) is 4.87. The molecule has 0 radical (unpaired) electrons. The van der Waals surface area contributed by atoms with Gasteiger partial charge in [0.05, 0.1) is 0 Å². The van der Waals surface area contributed by atoms with Crippen LogP contribution in [-0.4, -0.2) is 6.03 Å². The molecule has 0 fully saturated rings. The molecule has 1 unspecified atom stereocenters. The third kappa shape index (κ3) is 2.41. The maximum Gasteiger partial charge on any atom is 0.202 e. The van der Waals surface area contributed by atoms with Crippen molar-refractivity contribution in [1.82, 2.24) is 0 Å². The van der Waals surface area contributed by atoms with Gasteiger partial charge in [0.2, 0.25) is 7.14 Å². The predicted molar refractivity (Wildman–Crippen MR) is 80.7 cm³/mol. The minimum atomic E-state index is -3.18. The van der Waals surface area contributed by atoms with Gasteiger partial charge in [-0.15, -0.1) is 0 Å². The van der Waals surface area contributed by atoms with E-state index in [1.165, 1.54) is 0 Å². The van der Waals surface area contributed by atoms with Gasteiger partial charge in [0.15, 0.2) is 6.03 Å². The molecule has 0 N–H and O–H groups in total. The van der Waals surface area contributed by atoms with Crippen molar-refractivity contribution in [3.8, 4) is 0 Å². The standard InChI is InChI=1S/C16H17O2P/c1-12-9-13(2)16(14(3)10-12)19(18,11-17)15-7-5-4-6-8-15/h4-11H,1-3H3. The monoisotopic (exact) mass is 272 g/mol. The van der Waals surface area contributed by atoms with E-state index in [9.17, 15) is 9.36 Å². The Hall–Kier alpha value is -1.66. The molecule has 0 spiro atoms. The number of benzene rings is 2.